The van der Waals surface area contributed by atoms with E-state index in [1.165, 1.54) is 0 Å². The average Bonchev–Trinajstić information content (AvgIpc) is 2.86. The Morgan fingerprint density at radius 3 is 2.65 bits per heavy atom. The molecular weight excluding hydrogens is 218 g/mol. The van der Waals surface area contributed by atoms with Gasteiger partial charge in [0.05, 0.1) is 6.10 Å². The number of nitrogens with one attached hydrogen (secondary N) is 1. The first kappa shape index (κ1) is 12.4. The first-order chi connectivity index (χ1) is 7.99. The number of hydrogen-bond acceptors (Lipinski definition) is 5. The van der Waals surface area contributed by atoms with Crippen LogP contribution in [0.2, 0.25) is 0 Å². The van der Waals surface area contributed by atoms with Gasteiger partial charge < -0.3 is 14.6 Å². The van der Waals surface area contributed by atoms with Crippen molar-refractivity contribution in [3.8, 4) is 0 Å². The smallest absolute Gasteiger partial charge is 0.263 e. The molecule has 1 saturated carbocycles. The molecule has 2 atom stereocenters. The van der Waals surface area contributed by atoms with Gasteiger partial charge in [-0.2, -0.15) is 4.98 Å². The van der Waals surface area contributed by atoms with Crippen molar-refractivity contribution < 1.29 is 9.26 Å². The number of hydrogen-bond donors (Lipinski definition) is 1. The summed E-state index contributed by atoms with van der Waals surface area (Å²) in [6.07, 6.45) is 3.56. The topological polar surface area (TPSA) is 60.2 Å². The zero-order valence-electron chi connectivity index (χ0n) is 11.0. The quantitative estimate of drug-likeness (QED) is 0.877. The number of methoxy groups -OCH3 is 1. The Bertz CT molecular complexity index is 370. The average molecular weight is 239 g/mol. The zero-order valence-corrected chi connectivity index (χ0v) is 11.0. The molecule has 0 amide bonds. The fourth-order valence-corrected chi connectivity index (χ4v) is 2.05. The van der Waals surface area contributed by atoms with E-state index >= 15 is 0 Å². The molecule has 0 spiro atoms. The van der Waals surface area contributed by atoms with Crippen molar-refractivity contribution in [2.24, 2.45) is 0 Å². The Morgan fingerprint density at radius 1 is 1.35 bits per heavy atom. The molecule has 1 aliphatic rings. The number of aromatic nitrogens is 2. The predicted octanol–water partition coefficient (Wildman–Crippen LogP) is 2.35. The third kappa shape index (κ3) is 2.97. The van der Waals surface area contributed by atoms with Gasteiger partial charge in [0.1, 0.15) is 0 Å². The lowest BCUT2D eigenvalue weighted by atomic mass is 9.97. The van der Waals surface area contributed by atoms with Crippen molar-refractivity contribution in [3.63, 3.8) is 0 Å². The SMILES string of the molecule is COC1CCC(Nc2noc(C(C)(C)C)n2)C1. The van der Waals surface area contributed by atoms with Crippen LogP contribution in [-0.4, -0.2) is 29.4 Å². The van der Waals surface area contributed by atoms with Crippen molar-refractivity contribution in [2.75, 3.05) is 12.4 Å². The van der Waals surface area contributed by atoms with Crippen molar-refractivity contribution in [3.05, 3.63) is 5.89 Å². The summed E-state index contributed by atoms with van der Waals surface area (Å²) in [4.78, 5) is 4.37. The van der Waals surface area contributed by atoms with Crippen molar-refractivity contribution in [2.45, 2.75) is 57.6 Å². The van der Waals surface area contributed by atoms with Crippen molar-refractivity contribution >= 4 is 5.95 Å². The van der Waals surface area contributed by atoms with Crippen molar-refractivity contribution in [1.82, 2.24) is 10.1 Å². The number of nitrogens with zero attached hydrogens (tertiary/aromatic N) is 2. The Hall–Kier alpha value is -1.10. The first-order valence-corrected chi connectivity index (χ1v) is 6.12. The van der Waals surface area contributed by atoms with Crippen LogP contribution in [0.5, 0.6) is 0 Å². The molecular formula is C12H21N3O2. The molecule has 0 saturated heterocycles. The second-order valence-electron chi connectivity index (χ2n) is 5.69. The van der Waals surface area contributed by atoms with Crippen LogP contribution in [0, 0.1) is 0 Å². The molecule has 0 radical (unpaired) electrons. The predicted molar refractivity (Wildman–Crippen MR) is 65.1 cm³/mol. The van der Waals surface area contributed by atoms with E-state index in [9.17, 15) is 0 Å². The molecule has 2 unspecified atom stereocenters. The highest BCUT2D eigenvalue weighted by atomic mass is 16.5. The maximum absolute atomic E-state index is 5.33. The molecule has 0 aromatic carbocycles. The van der Waals surface area contributed by atoms with E-state index in [1.54, 1.807) is 7.11 Å². The molecule has 1 aromatic rings. The molecule has 0 bridgehead atoms. The van der Waals surface area contributed by atoms with E-state index in [1.807, 2.05) is 0 Å². The summed E-state index contributed by atoms with van der Waals surface area (Å²) in [6, 6.07) is 0.394. The van der Waals surface area contributed by atoms with Crippen LogP contribution >= 0.6 is 0 Å². The summed E-state index contributed by atoms with van der Waals surface area (Å²) >= 11 is 0. The highest BCUT2D eigenvalue weighted by molar-refractivity contribution is 5.25. The number of rotatable bonds is 3. The van der Waals surface area contributed by atoms with Gasteiger partial charge in [-0.3, -0.25) is 0 Å². The fourth-order valence-electron chi connectivity index (χ4n) is 2.05. The second kappa shape index (κ2) is 4.64. The minimum Gasteiger partial charge on any atom is -0.381 e. The van der Waals surface area contributed by atoms with E-state index in [0.717, 1.165) is 19.3 Å². The van der Waals surface area contributed by atoms with Gasteiger partial charge in [0, 0.05) is 18.6 Å². The standard InChI is InChI=1S/C12H21N3O2/c1-12(2,3)10-14-11(15-17-10)13-8-5-6-9(7-8)16-4/h8-9H,5-7H2,1-4H3,(H,13,15). The highest BCUT2D eigenvalue weighted by Crippen LogP contribution is 2.25. The van der Waals surface area contributed by atoms with Crippen LogP contribution in [-0.2, 0) is 10.2 Å². The Morgan fingerprint density at radius 2 is 2.12 bits per heavy atom. The molecule has 1 aromatic heterocycles. The third-order valence-corrected chi connectivity index (χ3v) is 3.12. The van der Waals surface area contributed by atoms with E-state index in [-0.39, 0.29) is 5.41 Å². The van der Waals surface area contributed by atoms with Gasteiger partial charge in [0.2, 0.25) is 5.89 Å². The van der Waals surface area contributed by atoms with Gasteiger partial charge in [-0.05, 0) is 24.4 Å². The molecule has 5 nitrogen and oxygen atoms in total. The highest BCUT2D eigenvalue weighted by Gasteiger charge is 2.27. The summed E-state index contributed by atoms with van der Waals surface area (Å²) in [5, 5.41) is 7.26. The summed E-state index contributed by atoms with van der Waals surface area (Å²) in [5.74, 6) is 1.26. The maximum Gasteiger partial charge on any atom is 0.263 e. The molecule has 1 heterocycles. The molecule has 0 aliphatic heterocycles. The third-order valence-electron chi connectivity index (χ3n) is 3.12. The molecule has 2 rings (SSSR count). The summed E-state index contributed by atoms with van der Waals surface area (Å²) in [6.45, 7) is 6.17. The van der Waals surface area contributed by atoms with Gasteiger partial charge in [-0.1, -0.05) is 20.8 Å². The van der Waals surface area contributed by atoms with E-state index in [4.69, 9.17) is 9.26 Å². The van der Waals surface area contributed by atoms with E-state index < -0.39 is 0 Å². The lowest BCUT2D eigenvalue weighted by Gasteiger charge is -2.11. The molecule has 5 heteroatoms. The van der Waals surface area contributed by atoms with Crippen LogP contribution in [0.4, 0.5) is 5.95 Å². The minimum absolute atomic E-state index is 0.0995. The van der Waals surface area contributed by atoms with E-state index in [2.05, 4.69) is 36.2 Å². The summed E-state index contributed by atoms with van der Waals surface area (Å²) in [7, 11) is 1.76. The lowest BCUT2D eigenvalue weighted by Crippen LogP contribution is -2.18. The van der Waals surface area contributed by atoms with E-state index in [0.29, 0.717) is 24.0 Å². The Kier molecular flexibility index (Phi) is 3.38. The first-order valence-electron chi connectivity index (χ1n) is 6.12. The minimum atomic E-state index is -0.0995. The van der Waals surface area contributed by atoms with Crippen molar-refractivity contribution in [1.29, 1.82) is 0 Å². The summed E-state index contributed by atoms with van der Waals surface area (Å²) in [5.41, 5.74) is -0.0995. The monoisotopic (exact) mass is 239 g/mol. The normalized spacial score (nSPS) is 25.2. The maximum atomic E-state index is 5.33. The Balaban J connectivity index is 1.94. The van der Waals surface area contributed by atoms with Gasteiger partial charge >= 0.3 is 0 Å². The number of anilines is 1. The fraction of sp³-hybridized carbons (Fsp3) is 0.833. The van der Waals surface area contributed by atoms with Crippen LogP contribution < -0.4 is 5.32 Å². The molecule has 1 N–H and O–H groups in total. The zero-order chi connectivity index (χ0) is 12.5. The van der Waals surface area contributed by atoms with Gasteiger partial charge in [-0.15, -0.1) is 0 Å². The van der Waals surface area contributed by atoms with Gasteiger partial charge in [-0.25, -0.2) is 0 Å². The van der Waals surface area contributed by atoms with Crippen LogP contribution in [0.3, 0.4) is 0 Å². The lowest BCUT2D eigenvalue weighted by molar-refractivity contribution is 0.108. The number of ether oxygens (including phenoxy) is 1. The second-order valence-corrected chi connectivity index (χ2v) is 5.69. The van der Waals surface area contributed by atoms with Gasteiger partial charge in [0.25, 0.3) is 5.95 Å². The molecule has 1 aliphatic carbocycles. The molecule has 1 fully saturated rings. The largest absolute Gasteiger partial charge is 0.381 e. The van der Waals surface area contributed by atoms with Crippen LogP contribution in [0.1, 0.15) is 45.9 Å². The van der Waals surface area contributed by atoms with Crippen LogP contribution in [0.25, 0.3) is 0 Å². The van der Waals surface area contributed by atoms with Gasteiger partial charge in [0.15, 0.2) is 0 Å². The molecule has 17 heavy (non-hydrogen) atoms. The Labute approximate surface area is 102 Å². The molecule has 96 valence electrons. The van der Waals surface area contributed by atoms with Crippen LogP contribution in [0.15, 0.2) is 4.52 Å². The summed E-state index contributed by atoms with van der Waals surface area (Å²) < 4.78 is 10.6.